The highest BCUT2D eigenvalue weighted by atomic mass is 16.5. The van der Waals surface area contributed by atoms with E-state index in [0.717, 1.165) is 37.1 Å². The van der Waals surface area contributed by atoms with E-state index in [4.69, 9.17) is 9.84 Å². The molecule has 0 saturated carbocycles. The normalized spacial score (nSPS) is 22.2. The lowest BCUT2D eigenvalue weighted by atomic mass is 9.88. The van der Waals surface area contributed by atoms with Crippen molar-refractivity contribution in [3.05, 3.63) is 83.6 Å². The number of benzene rings is 2. The van der Waals surface area contributed by atoms with Gasteiger partial charge in [-0.2, -0.15) is 5.10 Å². The molecule has 0 bridgehead atoms. The van der Waals surface area contributed by atoms with Crippen LogP contribution in [-0.2, 0) is 16.9 Å². The fourth-order valence-corrected chi connectivity index (χ4v) is 6.05. The Bertz CT molecular complexity index is 1180. The molecule has 190 valence electrons. The van der Waals surface area contributed by atoms with E-state index in [-0.39, 0.29) is 29.1 Å². The van der Waals surface area contributed by atoms with Gasteiger partial charge in [-0.25, -0.2) is 4.68 Å². The second-order valence-electron chi connectivity index (χ2n) is 10.9. The second kappa shape index (κ2) is 9.74. The average molecular weight is 487 g/mol. The van der Waals surface area contributed by atoms with Crippen LogP contribution < -0.4 is 5.32 Å². The van der Waals surface area contributed by atoms with Crippen molar-refractivity contribution in [1.29, 1.82) is 0 Å². The summed E-state index contributed by atoms with van der Waals surface area (Å²) in [6.07, 6.45) is 5.32. The smallest absolute Gasteiger partial charge is 0.259 e. The van der Waals surface area contributed by atoms with Crippen molar-refractivity contribution >= 4 is 11.7 Å². The number of hydrogen-bond acceptors (Lipinski definition) is 4. The molecular weight excluding hydrogens is 448 g/mol. The number of carbonyl (C=O) groups is 1. The molecule has 0 aliphatic carbocycles. The maximum atomic E-state index is 14.2. The monoisotopic (exact) mass is 486 g/mol. The molecule has 6 heteroatoms. The first-order valence-corrected chi connectivity index (χ1v) is 13.2. The first kappa shape index (κ1) is 24.6. The van der Waals surface area contributed by atoms with E-state index >= 15 is 0 Å². The van der Waals surface area contributed by atoms with Crippen LogP contribution in [0.3, 0.4) is 0 Å². The Morgan fingerprint density at radius 1 is 1.03 bits per heavy atom. The summed E-state index contributed by atoms with van der Waals surface area (Å²) in [5, 5.41) is 8.36. The maximum absolute atomic E-state index is 14.2. The van der Waals surface area contributed by atoms with E-state index < -0.39 is 0 Å². The number of ether oxygens (including phenoxy) is 1. The minimum Gasteiger partial charge on any atom is -0.372 e. The highest BCUT2D eigenvalue weighted by molar-refractivity contribution is 5.99. The predicted octanol–water partition coefficient (Wildman–Crippen LogP) is 6.17. The van der Waals surface area contributed by atoms with Gasteiger partial charge in [-0.15, -0.1) is 0 Å². The van der Waals surface area contributed by atoms with E-state index in [1.807, 2.05) is 28.9 Å². The quantitative estimate of drug-likeness (QED) is 0.434. The summed E-state index contributed by atoms with van der Waals surface area (Å²) in [6.45, 7) is 9.92. The number of anilines is 1. The van der Waals surface area contributed by atoms with Gasteiger partial charge in [0.2, 0.25) is 0 Å². The van der Waals surface area contributed by atoms with E-state index in [2.05, 4.69) is 74.3 Å². The summed E-state index contributed by atoms with van der Waals surface area (Å²) in [7, 11) is 0. The molecule has 2 aromatic carbocycles. The third kappa shape index (κ3) is 4.43. The Morgan fingerprint density at radius 3 is 2.36 bits per heavy atom. The van der Waals surface area contributed by atoms with Crippen LogP contribution in [0, 0.1) is 0 Å². The number of rotatable bonds is 7. The molecular formula is C30H38N4O2. The molecule has 1 aromatic heterocycles. The van der Waals surface area contributed by atoms with Gasteiger partial charge in [-0.1, -0.05) is 74.5 Å². The van der Waals surface area contributed by atoms with E-state index in [0.29, 0.717) is 18.7 Å². The van der Waals surface area contributed by atoms with Crippen molar-refractivity contribution in [2.45, 2.75) is 83.2 Å². The van der Waals surface area contributed by atoms with Crippen molar-refractivity contribution in [3.63, 3.8) is 0 Å². The van der Waals surface area contributed by atoms with Crippen molar-refractivity contribution in [2.24, 2.45) is 0 Å². The van der Waals surface area contributed by atoms with Crippen LogP contribution in [0.4, 0.5) is 5.82 Å². The van der Waals surface area contributed by atoms with E-state index in [9.17, 15) is 4.79 Å². The lowest BCUT2D eigenvalue weighted by Crippen LogP contribution is -2.47. The number of fused-ring (bicyclic) bond motifs is 1. The van der Waals surface area contributed by atoms with Gasteiger partial charge in [0.05, 0.1) is 30.5 Å². The largest absolute Gasteiger partial charge is 0.372 e. The Labute approximate surface area is 214 Å². The molecule has 0 unspecified atom stereocenters. The molecule has 3 aromatic rings. The minimum absolute atomic E-state index is 0.0157. The predicted molar refractivity (Wildman–Crippen MR) is 143 cm³/mol. The molecule has 2 atom stereocenters. The van der Waals surface area contributed by atoms with Crippen LogP contribution in [0.2, 0.25) is 0 Å². The number of aromatic nitrogens is 2. The van der Waals surface area contributed by atoms with Crippen LogP contribution in [0.15, 0.2) is 66.9 Å². The first-order chi connectivity index (χ1) is 17.4. The SMILES string of the molecule is CCC1(CC)C[C@@H](OCc2ccccc2)CN1C(=O)c1cnn2c1N[C@@H](c1ccccc1)CC2(C)C. The Morgan fingerprint density at radius 2 is 1.69 bits per heavy atom. The zero-order chi connectivity index (χ0) is 25.3. The summed E-state index contributed by atoms with van der Waals surface area (Å²) in [6, 6.07) is 20.8. The zero-order valence-corrected chi connectivity index (χ0v) is 21.9. The number of carbonyl (C=O) groups excluding carboxylic acids is 1. The molecule has 1 N–H and O–H groups in total. The lowest BCUT2D eigenvalue weighted by Gasteiger charge is -2.39. The summed E-state index contributed by atoms with van der Waals surface area (Å²) in [4.78, 5) is 16.2. The summed E-state index contributed by atoms with van der Waals surface area (Å²) < 4.78 is 8.33. The summed E-state index contributed by atoms with van der Waals surface area (Å²) in [5.41, 5.74) is 2.61. The average Bonchev–Trinajstić information content (AvgIpc) is 3.51. The Kier molecular flexibility index (Phi) is 6.64. The van der Waals surface area contributed by atoms with Gasteiger partial charge in [0, 0.05) is 12.1 Å². The topological polar surface area (TPSA) is 59.4 Å². The first-order valence-electron chi connectivity index (χ1n) is 13.2. The number of hydrogen-bond donors (Lipinski definition) is 1. The van der Waals surface area contributed by atoms with Gasteiger partial charge in [0.1, 0.15) is 11.4 Å². The zero-order valence-electron chi connectivity index (χ0n) is 21.9. The van der Waals surface area contributed by atoms with Gasteiger partial charge in [0.15, 0.2) is 0 Å². The Balaban J connectivity index is 1.41. The van der Waals surface area contributed by atoms with E-state index in [1.165, 1.54) is 5.56 Å². The summed E-state index contributed by atoms with van der Waals surface area (Å²) >= 11 is 0. The molecule has 0 spiro atoms. The fraction of sp³-hybridized carbons (Fsp3) is 0.467. The van der Waals surface area contributed by atoms with Gasteiger partial charge in [-0.05, 0) is 50.7 Å². The second-order valence-corrected chi connectivity index (χ2v) is 10.9. The highest BCUT2D eigenvalue weighted by Crippen LogP contribution is 2.43. The molecule has 1 saturated heterocycles. The molecule has 5 rings (SSSR count). The number of nitrogens with one attached hydrogen (secondary N) is 1. The van der Waals surface area contributed by atoms with Gasteiger partial charge >= 0.3 is 0 Å². The van der Waals surface area contributed by atoms with Crippen LogP contribution in [-0.4, -0.2) is 38.8 Å². The molecule has 1 amide bonds. The standard InChI is InChI=1S/C30H38N4O2/c1-5-30(6-2)17-24(36-21-22-13-9-7-10-14-22)20-33(30)28(35)25-19-31-34-27(25)32-26(18-29(34,3)4)23-15-11-8-12-16-23/h7-16,19,24,26,32H,5-6,17-18,20-21H2,1-4H3/t24-,26-/m1/s1. The van der Waals surface area contributed by atoms with Crippen LogP contribution >= 0.6 is 0 Å². The van der Waals surface area contributed by atoms with Crippen molar-refractivity contribution in [1.82, 2.24) is 14.7 Å². The molecule has 0 radical (unpaired) electrons. The highest BCUT2D eigenvalue weighted by Gasteiger charge is 2.47. The lowest BCUT2D eigenvalue weighted by molar-refractivity contribution is 0.0436. The molecule has 2 aliphatic rings. The minimum atomic E-state index is -0.212. The fourth-order valence-electron chi connectivity index (χ4n) is 6.05. The molecule has 2 aliphatic heterocycles. The summed E-state index contributed by atoms with van der Waals surface area (Å²) in [5.74, 6) is 0.864. The Hall–Kier alpha value is -3.12. The van der Waals surface area contributed by atoms with E-state index in [1.54, 1.807) is 6.20 Å². The number of likely N-dealkylation sites (tertiary alicyclic amines) is 1. The maximum Gasteiger partial charge on any atom is 0.259 e. The van der Waals surface area contributed by atoms with Gasteiger partial charge in [-0.3, -0.25) is 4.79 Å². The van der Waals surface area contributed by atoms with Crippen LogP contribution in [0.5, 0.6) is 0 Å². The van der Waals surface area contributed by atoms with Crippen LogP contribution in [0.25, 0.3) is 0 Å². The molecule has 6 nitrogen and oxygen atoms in total. The van der Waals surface area contributed by atoms with Crippen LogP contribution in [0.1, 0.15) is 80.9 Å². The van der Waals surface area contributed by atoms with Gasteiger partial charge < -0.3 is 15.0 Å². The molecule has 36 heavy (non-hydrogen) atoms. The van der Waals surface area contributed by atoms with Gasteiger partial charge in [0.25, 0.3) is 5.91 Å². The number of amides is 1. The molecule has 1 fully saturated rings. The van der Waals surface area contributed by atoms with Crippen molar-refractivity contribution in [3.8, 4) is 0 Å². The van der Waals surface area contributed by atoms with Crippen molar-refractivity contribution < 1.29 is 9.53 Å². The van der Waals surface area contributed by atoms with Crippen molar-refractivity contribution in [2.75, 3.05) is 11.9 Å². The molecule has 3 heterocycles. The number of nitrogens with zero attached hydrogens (tertiary/aromatic N) is 3. The third-order valence-corrected chi connectivity index (χ3v) is 8.25. The third-order valence-electron chi connectivity index (χ3n) is 8.25.